The van der Waals surface area contributed by atoms with Crippen molar-refractivity contribution in [1.29, 1.82) is 0 Å². The second-order valence-electron chi connectivity index (χ2n) is 8.14. The van der Waals surface area contributed by atoms with Crippen LogP contribution in [0.1, 0.15) is 38.9 Å². The molecule has 0 aliphatic carbocycles. The van der Waals surface area contributed by atoms with Crippen molar-refractivity contribution in [3.63, 3.8) is 0 Å². The highest BCUT2D eigenvalue weighted by atomic mass is 35.5. The van der Waals surface area contributed by atoms with E-state index in [1.807, 2.05) is 31.2 Å². The fourth-order valence-corrected chi connectivity index (χ4v) is 4.23. The van der Waals surface area contributed by atoms with Crippen LogP contribution in [0, 0.1) is 5.92 Å². The maximum atomic E-state index is 13.0. The van der Waals surface area contributed by atoms with Gasteiger partial charge in [-0.1, -0.05) is 13.8 Å². The van der Waals surface area contributed by atoms with Gasteiger partial charge in [0.05, 0.1) is 17.7 Å². The molecular formula is C24H31ClN4O2. The molecule has 6 nitrogen and oxygen atoms in total. The van der Waals surface area contributed by atoms with Gasteiger partial charge in [-0.2, -0.15) is 0 Å². The first kappa shape index (κ1) is 23.2. The van der Waals surface area contributed by atoms with Crippen LogP contribution in [0.5, 0.6) is 5.75 Å². The Labute approximate surface area is 189 Å². The summed E-state index contributed by atoms with van der Waals surface area (Å²) in [5, 5.41) is 0.530. The van der Waals surface area contributed by atoms with E-state index in [0.717, 1.165) is 30.3 Å². The van der Waals surface area contributed by atoms with Gasteiger partial charge in [0.15, 0.2) is 5.65 Å². The van der Waals surface area contributed by atoms with Gasteiger partial charge in [-0.3, -0.25) is 9.36 Å². The molecule has 166 valence electrons. The molecule has 2 aromatic heterocycles. The number of nitrogens with zero attached hydrogens (tertiary/aromatic N) is 4. The summed E-state index contributed by atoms with van der Waals surface area (Å²) in [7, 11) is 0. The van der Waals surface area contributed by atoms with Crippen LogP contribution in [-0.2, 0) is 6.42 Å². The van der Waals surface area contributed by atoms with Crippen molar-refractivity contribution in [2.45, 2.75) is 39.5 Å². The molecule has 0 saturated carbocycles. The van der Waals surface area contributed by atoms with Crippen molar-refractivity contribution >= 4 is 23.4 Å². The number of hydrogen-bond donors (Lipinski definition) is 0. The monoisotopic (exact) mass is 442 g/mol. The molecular weight excluding hydrogens is 412 g/mol. The maximum Gasteiger partial charge on any atom is 0.267 e. The van der Waals surface area contributed by atoms with Crippen molar-refractivity contribution < 1.29 is 4.74 Å². The SMILES string of the molecule is CCc1nc2ncccc2c(=O)n1-c1ccc(OCCCN2CCC[C@H](C)C2)cc1.Cl. The molecule has 0 amide bonds. The molecule has 3 aromatic rings. The van der Waals surface area contributed by atoms with Crippen LogP contribution in [0.2, 0.25) is 0 Å². The van der Waals surface area contributed by atoms with Crippen LogP contribution in [0.25, 0.3) is 16.7 Å². The number of halogens is 1. The zero-order chi connectivity index (χ0) is 20.9. The van der Waals surface area contributed by atoms with Crippen molar-refractivity contribution in [1.82, 2.24) is 19.4 Å². The topological polar surface area (TPSA) is 60.3 Å². The van der Waals surface area contributed by atoms with Crippen LogP contribution in [0.3, 0.4) is 0 Å². The van der Waals surface area contributed by atoms with Gasteiger partial charge in [-0.25, -0.2) is 9.97 Å². The molecule has 0 bridgehead atoms. The van der Waals surface area contributed by atoms with Crippen molar-refractivity contribution in [2.75, 3.05) is 26.2 Å². The van der Waals surface area contributed by atoms with E-state index in [1.165, 1.54) is 25.9 Å². The molecule has 7 heteroatoms. The number of aryl methyl sites for hydroxylation is 1. The largest absolute Gasteiger partial charge is 0.494 e. The Bertz CT molecular complexity index is 1050. The number of likely N-dealkylation sites (tertiary alicyclic amines) is 1. The standard InChI is InChI=1S/C24H30N4O2.ClH/c1-3-22-26-23-21(8-4-13-25-23)24(29)28(22)19-9-11-20(12-10-19)30-16-6-15-27-14-5-7-18(2)17-27;/h4,8-13,18H,3,5-7,14-17H2,1-2H3;1H/t18-;/m0./s1. The minimum Gasteiger partial charge on any atom is -0.494 e. The average molecular weight is 443 g/mol. The molecule has 1 aliphatic rings. The van der Waals surface area contributed by atoms with Crippen molar-refractivity contribution in [3.8, 4) is 11.4 Å². The van der Waals surface area contributed by atoms with Crippen LogP contribution in [0.4, 0.5) is 0 Å². The summed E-state index contributed by atoms with van der Waals surface area (Å²) < 4.78 is 7.60. The van der Waals surface area contributed by atoms with Gasteiger partial charge in [-0.05, 0) is 68.1 Å². The first-order valence-corrected chi connectivity index (χ1v) is 11.0. The zero-order valence-corrected chi connectivity index (χ0v) is 19.1. The molecule has 31 heavy (non-hydrogen) atoms. The predicted molar refractivity (Wildman–Crippen MR) is 127 cm³/mol. The van der Waals surface area contributed by atoms with Crippen molar-refractivity contribution in [2.24, 2.45) is 5.92 Å². The molecule has 0 N–H and O–H groups in total. The Morgan fingerprint density at radius 1 is 1.19 bits per heavy atom. The lowest BCUT2D eigenvalue weighted by atomic mass is 10.0. The van der Waals surface area contributed by atoms with Crippen LogP contribution < -0.4 is 10.3 Å². The van der Waals surface area contributed by atoms with Crippen LogP contribution in [0.15, 0.2) is 47.4 Å². The fraction of sp³-hybridized carbons (Fsp3) is 0.458. The van der Waals surface area contributed by atoms with Gasteiger partial charge in [0.2, 0.25) is 0 Å². The van der Waals surface area contributed by atoms with E-state index in [1.54, 1.807) is 22.9 Å². The van der Waals surface area contributed by atoms with Gasteiger partial charge in [0.25, 0.3) is 5.56 Å². The lowest BCUT2D eigenvalue weighted by Gasteiger charge is -2.30. The van der Waals surface area contributed by atoms with Crippen molar-refractivity contribution in [3.05, 3.63) is 58.8 Å². The molecule has 1 atom stereocenters. The smallest absolute Gasteiger partial charge is 0.267 e. The minimum absolute atomic E-state index is 0. The Balaban J connectivity index is 0.00000272. The number of ether oxygens (including phenoxy) is 1. The van der Waals surface area contributed by atoms with Crippen LogP contribution in [-0.4, -0.2) is 45.7 Å². The third-order valence-electron chi connectivity index (χ3n) is 5.75. The molecule has 4 rings (SSSR count). The Morgan fingerprint density at radius 2 is 2.00 bits per heavy atom. The minimum atomic E-state index is -0.0885. The summed E-state index contributed by atoms with van der Waals surface area (Å²) in [5.74, 6) is 2.34. The first-order chi connectivity index (χ1) is 14.7. The fourth-order valence-electron chi connectivity index (χ4n) is 4.23. The lowest BCUT2D eigenvalue weighted by molar-refractivity contribution is 0.170. The van der Waals surface area contributed by atoms with E-state index < -0.39 is 0 Å². The Kier molecular flexibility index (Phi) is 8.04. The molecule has 1 saturated heterocycles. The van der Waals surface area contributed by atoms with E-state index in [0.29, 0.717) is 29.9 Å². The average Bonchev–Trinajstić information content (AvgIpc) is 2.77. The van der Waals surface area contributed by atoms with E-state index in [-0.39, 0.29) is 18.0 Å². The maximum absolute atomic E-state index is 13.0. The van der Waals surface area contributed by atoms with E-state index in [9.17, 15) is 4.79 Å². The second-order valence-corrected chi connectivity index (χ2v) is 8.14. The Hall–Kier alpha value is -2.44. The summed E-state index contributed by atoms with van der Waals surface area (Å²) >= 11 is 0. The number of hydrogen-bond acceptors (Lipinski definition) is 5. The molecule has 1 aliphatic heterocycles. The summed E-state index contributed by atoms with van der Waals surface area (Å²) in [4.78, 5) is 24.4. The van der Waals surface area contributed by atoms with Gasteiger partial charge < -0.3 is 9.64 Å². The Morgan fingerprint density at radius 3 is 2.74 bits per heavy atom. The van der Waals surface area contributed by atoms with E-state index in [2.05, 4.69) is 21.8 Å². The normalized spacial score (nSPS) is 16.8. The highest BCUT2D eigenvalue weighted by Crippen LogP contribution is 2.18. The van der Waals surface area contributed by atoms with E-state index >= 15 is 0 Å². The third kappa shape index (κ3) is 5.43. The predicted octanol–water partition coefficient (Wildman–Crippen LogP) is 4.27. The quantitative estimate of drug-likeness (QED) is 0.511. The molecule has 3 heterocycles. The number of fused-ring (bicyclic) bond motifs is 1. The number of aromatic nitrogens is 3. The number of benzene rings is 1. The molecule has 0 spiro atoms. The number of pyridine rings is 1. The number of piperidine rings is 1. The second kappa shape index (κ2) is 10.7. The zero-order valence-electron chi connectivity index (χ0n) is 18.3. The highest BCUT2D eigenvalue weighted by molar-refractivity contribution is 5.85. The highest BCUT2D eigenvalue weighted by Gasteiger charge is 2.15. The third-order valence-corrected chi connectivity index (χ3v) is 5.75. The van der Waals surface area contributed by atoms with Gasteiger partial charge in [0.1, 0.15) is 11.6 Å². The van der Waals surface area contributed by atoms with Gasteiger partial charge >= 0.3 is 0 Å². The lowest BCUT2D eigenvalue weighted by Crippen LogP contribution is -2.35. The summed E-state index contributed by atoms with van der Waals surface area (Å²) in [6.45, 7) is 8.54. The molecule has 0 radical (unpaired) electrons. The molecule has 0 unspecified atom stereocenters. The van der Waals surface area contributed by atoms with Gasteiger partial charge in [0, 0.05) is 25.7 Å². The molecule has 1 aromatic carbocycles. The molecule has 1 fully saturated rings. The summed E-state index contributed by atoms with van der Waals surface area (Å²) in [5.41, 5.74) is 1.21. The van der Waals surface area contributed by atoms with Crippen LogP contribution >= 0.6 is 12.4 Å². The van der Waals surface area contributed by atoms with E-state index in [4.69, 9.17) is 4.74 Å². The first-order valence-electron chi connectivity index (χ1n) is 11.0. The summed E-state index contributed by atoms with van der Waals surface area (Å²) in [6, 6.07) is 11.2. The van der Waals surface area contributed by atoms with Gasteiger partial charge in [-0.15, -0.1) is 12.4 Å². The number of rotatable bonds is 7. The summed E-state index contributed by atoms with van der Waals surface area (Å²) in [6.07, 6.45) is 5.99.